The molecule has 2 aromatic heterocycles. The Morgan fingerprint density at radius 3 is 2.79 bits per heavy atom. The molecule has 1 aliphatic rings. The van der Waals surface area contributed by atoms with E-state index in [9.17, 15) is 0 Å². The van der Waals surface area contributed by atoms with E-state index in [1.807, 2.05) is 20.2 Å². The van der Waals surface area contributed by atoms with Crippen molar-refractivity contribution >= 4 is 22.9 Å². The van der Waals surface area contributed by atoms with Crippen LogP contribution in [-0.2, 0) is 4.74 Å². The van der Waals surface area contributed by atoms with E-state index < -0.39 is 0 Å². The van der Waals surface area contributed by atoms with Gasteiger partial charge in [-0.25, -0.2) is 4.98 Å². The average Bonchev–Trinajstić information content (AvgIpc) is 2.88. The molecule has 3 rings (SSSR count). The molecular weight excluding hydrogens is 262 g/mol. The van der Waals surface area contributed by atoms with E-state index in [1.54, 1.807) is 0 Å². The molecule has 0 radical (unpaired) electrons. The minimum absolute atomic E-state index is 0.505. The Kier molecular flexibility index (Phi) is 3.37. The number of aromatic nitrogens is 2. The standard InChI is InChI=1S/C14H18ClN3O/c1-9-13(15)12(16-2)8-18-7-11(17-14(9)18)10-3-5-19-6-4-10/h7-8,10,16H,3-6H2,1-2H3. The van der Waals surface area contributed by atoms with Crippen molar-refractivity contribution in [2.24, 2.45) is 0 Å². The van der Waals surface area contributed by atoms with Crippen molar-refractivity contribution in [3.05, 3.63) is 28.7 Å². The number of nitrogens with zero attached hydrogens (tertiary/aromatic N) is 2. The van der Waals surface area contributed by atoms with Crippen LogP contribution in [0.3, 0.4) is 0 Å². The zero-order chi connectivity index (χ0) is 13.4. The fourth-order valence-electron chi connectivity index (χ4n) is 2.65. The highest BCUT2D eigenvalue weighted by atomic mass is 35.5. The van der Waals surface area contributed by atoms with E-state index in [1.165, 1.54) is 0 Å². The maximum absolute atomic E-state index is 6.33. The predicted octanol–water partition coefficient (Wildman–Crippen LogP) is 3.23. The maximum atomic E-state index is 6.33. The lowest BCUT2D eigenvalue weighted by Gasteiger charge is -2.19. The van der Waals surface area contributed by atoms with Crippen molar-refractivity contribution in [1.29, 1.82) is 0 Å². The number of ether oxygens (including phenoxy) is 1. The van der Waals surface area contributed by atoms with E-state index in [-0.39, 0.29) is 0 Å². The van der Waals surface area contributed by atoms with E-state index in [0.29, 0.717) is 5.92 Å². The third-order valence-corrected chi connectivity index (χ3v) is 4.32. The number of nitrogens with one attached hydrogen (secondary N) is 1. The molecule has 5 heteroatoms. The summed E-state index contributed by atoms with van der Waals surface area (Å²) in [5.74, 6) is 0.505. The molecular formula is C14H18ClN3O. The van der Waals surface area contributed by atoms with Crippen molar-refractivity contribution in [3.63, 3.8) is 0 Å². The van der Waals surface area contributed by atoms with Crippen LogP contribution in [0.5, 0.6) is 0 Å². The maximum Gasteiger partial charge on any atom is 0.141 e. The van der Waals surface area contributed by atoms with Crippen LogP contribution < -0.4 is 5.32 Å². The molecule has 2 aromatic rings. The first-order chi connectivity index (χ1) is 9.20. The Bertz CT molecular complexity index is 602. The first-order valence-corrected chi connectivity index (χ1v) is 7.01. The number of anilines is 1. The highest BCUT2D eigenvalue weighted by Crippen LogP contribution is 2.31. The number of fused-ring (bicyclic) bond motifs is 1. The van der Waals surface area contributed by atoms with Gasteiger partial charge in [-0.3, -0.25) is 0 Å². The molecule has 0 aromatic carbocycles. The van der Waals surface area contributed by atoms with Crippen LogP contribution in [0.25, 0.3) is 5.65 Å². The molecule has 1 aliphatic heterocycles. The van der Waals surface area contributed by atoms with Gasteiger partial charge in [0.15, 0.2) is 0 Å². The number of rotatable bonds is 2. The van der Waals surface area contributed by atoms with Gasteiger partial charge in [-0.15, -0.1) is 0 Å². The molecule has 4 nitrogen and oxygen atoms in total. The second kappa shape index (κ2) is 5.02. The van der Waals surface area contributed by atoms with Gasteiger partial charge in [0.2, 0.25) is 0 Å². The van der Waals surface area contributed by atoms with E-state index >= 15 is 0 Å². The fourth-order valence-corrected chi connectivity index (χ4v) is 2.88. The molecule has 1 N–H and O–H groups in total. The van der Waals surface area contributed by atoms with Crippen LogP contribution >= 0.6 is 11.6 Å². The Labute approximate surface area is 117 Å². The van der Waals surface area contributed by atoms with Gasteiger partial charge in [-0.1, -0.05) is 11.6 Å². The van der Waals surface area contributed by atoms with Gasteiger partial charge in [0, 0.05) is 44.1 Å². The highest BCUT2D eigenvalue weighted by Gasteiger charge is 2.20. The normalized spacial score (nSPS) is 17.0. The van der Waals surface area contributed by atoms with Gasteiger partial charge >= 0.3 is 0 Å². The van der Waals surface area contributed by atoms with Crippen LogP contribution in [-0.4, -0.2) is 29.6 Å². The molecule has 0 atom stereocenters. The molecule has 0 amide bonds. The Morgan fingerprint density at radius 2 is 2.11 bits per heavy atom. The molecule has 3 heterocycles. The van der Waals surface area contributed by atoms with Crippen molar-refractivity contribution < 1.29 is 4.74 Å². The minimum atomic E-state index is 0.505. The van der Waals surface area contributed by atoms with Gasteiger partial charge in [0.25, 0.3) is 0 Å². The quantitative estimate of drug-likeness (QED) is 0.917. The van der Waals surface area contributed by atoms with Crippen LogP contribution in [0.1, 0.15) is 30.0 Å². The summed E-state index contributed by atoms with van der Waals surface area (Å²) < 4.78 is 7.48. The summed E-state index contributed by atoms with van der Waals surface area (Å²) in [5, 5.41) is 3.87. The first-order valence-electron chi connectivity index (χ1n) is 6.64. The summed E-state index contributed by atoms with van der Waals surface area (Å²) in [4.78, 5) is 4.77. The van der Waals surface area contributed by atoms with Crippen molar-refractivity contribution in [1.82, 2.24) is 9.38 Å². The molecule has 0 bridgehead atoms. The largest absolute Gasteiger partial charge is 0.386 e. The lowest BCUT2D eigenvalue weighted by molar-refractivity contribution is 0.0846. The zero-order valence-corrected chi connectivity index (χ0v) is 12.0. The smallest absolute Gasteiger partial charge is 0.141 e. The Morgan fingerprint density at radius 1 is 1.37 bits per heavy atom. The van der Waals surface area contributed by atoms with E-state index in [4.69, 9.17) is 21.3 Å². The molecule has 19 heavy (non-hydrogen) atoms. The minimum Gasteiger partial charge on any atom is -0.386 e. The van der Waals surface area contributed by atoms with Crippen molar-refractivity contribution in [2.45, 2.75) is 25.7 Å². The van der Waals surface area contributed by atoms with Crippen LogP contribution in [0, 0.1) is 6.92 Å². The van der Waals surface area contributed by atoms with Crippen molar-refractivity contribution in [3.8, 4) is 0 Å². The lowest BCUT2D eigenvalue weighted by Crippen LogP contribution is -2.14. The summed E-state index contributed by atoms with van der Waals surface area (Å²) in [6.07, 6.45) is 6.22. The second-order valence-electron chi connectivity index (χ2n) is 5.02. The summed E-state index contributed by atoms with van der Waals surface area (Å²) in [7, 11) is 1.88. The number of pyridine rings is 1. The summed E-state index contributed by atoms with van der Waals surface area (Å²) in [6, 6.07) is 0. The molecule has 1 saturated heterocycles. The van der Waals surface area contributed by atoms with E-state index in [2.05, 4.69) is 15.9 Å². The third-order valence-electron chi connectivity index (χ3n) is 3.83. The summed E-state index contributed by atoms with van der Waals surface area (Å²) in [5.41, 5.74) is 4.05. The van der Waals surface area contributed by atoms with Gasteiger partial charge in [-0.05, 0) is 19.8 Å². The van der Waals surface area contributed by atoms with Gasteiger partial charge in [-0.2, -0.15) is 0 Å². The average molecular weight is 280 g/mol. The topological polar surface area (TPSA) is 38.6 Å². The molecule has 0 unspecified atom stereocenters. The molecule has 102 valence electrons. The van der Waals surface area contributed by atoms with Crippen molar-refractivity contribution in [2.75, 3.05) is 25.6 Å². The monoisotopic (exact) mass is 279 g/mol. The Hall–Kier alpha value is -1.26. The van der Waals surface area contributed by atoms with Crippen LogP contribution in [0.2, 0.25) is 5.02 Å². The molecule has 0 spiro atoms. The van der Waals surface area contributed by atoms with Gasteiger partial charge in [0.05, 0.1) is 16.4 Å². The number of halogens is 1. The predicted molar refractivity (Wildman–Crippen MR) is 77.3 cm³/mol. The highest BCUT2D eigenvalue weighted by molar-refractivity contribution is 6.34. The molecule has 0 aliphatic carbocycles. The molecule has 0 saturated carbocycles. The second-order valence-corrected chi connectivity index (χ2v) is 5.39. The van der Waals surface area contributed by atoms with Gasteiger partial charge < -0.3 is 14.5 Å². The third kappa shape index (κ3) is 2.19. The fraction of sp³-hybridized carbons (Fsp3) is 0.500. The lowest BCUT2D eigenvalue weighted by atomic mass is 9.97. The zero-order valence-electron chi connectivity index (χ0n) is 11.2. The van der Waals surface area contributed by atoms with Crippen LogP contribution in [0.15, 0.2) is 12.4 Å². The van der Waals surface area contributed by atoms with E-state index in [0.717, 1.165) is 53.7 Å². The number of hydrogen-bond acceptors (Lipinski definition) is 3. The SMILES string of the molecule is CNc1cn2cc(C3CCOCC3)nc2c(C)c1Cl. The number of imidazole rings is 1. The summed E-state index contributed by atoms with van der Waals surface area (Å²) in [6.45, 7) is 3.68. The first kappa shape index (κ1) is 12.8. The van der Waals surface area contributed by atoms with Crippen LogP contribution in [0.4, 0.5) is 5.69 Å². The molecule has 1 fully saturated rings. The number of hydrogen-bond donors (Lipinski definition) is 1. The summed E-state index contributed by atoms with van der Waals surface area (Å²) >= 11 is 6.33. The number of aryl methyl sites for hydroxylation is 1. The Balaban J connectivity index is 2.07. The van der Waals surface area contributed by atoms with Gasteiger partial charge in [0.1, 0.15) is 5.65 Å².